The zero-order chi connectivity index (χ0) is 13.7. The van der Waals surface area contributed by atoms with E-state index in [2.05, 4.69) is 12.1 Å². The van der Waals surface area contributed by atoms with Gasteiger partial charge in [-0.2, -0.15) is 0 Å². The molecule has 2 rings (SSSR count). The van der Waals surface area contributed by atoms with Crippen LogP contribution in [0.15, 0.2) is 35.9 Å². The van der Waals surface area contributed by atoms with Crippen molar-refractivity contribution in [3.63, 3.8) is 0 Å². The van der Waals surface area contributed by atoms with E-state index in [1.165, 1.54) is 11.1 Å². The van der Waals surface area contributed by atoms with Crippen molar-refractivity contribution in [1.29, 1.82) is 0 Å². The van der Waals surface area contributed by atoms with Gasteiger partial charge in [-0.15, -0.1) is 0 Å². The second-order valence-corrected chi connectivity index (χ2v) is 4.69. The number of hydrogen-bond acceptors (Lipinski definition) is 3. The molecular formula is C16H20O3. The predicted octanol–water partition coefficient (Wildman–Crippen LogP) is 3.45. The monoisotopic (exact) mass is 260 g/mol. The Morgan fingerprint density at radius 2 is 2.11 bits per heavy atom. The van der Waals surface area contributed by atoms with E-state index in [0.29, 0.717) is 12.5 Å². The number of rotatable bonds is 4. The molecule has 1 aromatic rings. The first-order valence-electron chi connectivity index (χ1n) is 6.75. The van der Waals surface area contributed by atoms with Crippen LogP contribution in [0.25, 0.3) is 0 Å². The Morgan fingerprint density at radius 1 is 1.37 bits per heavy atom. The van der Waals surface area contributed by atoms with Gasteiger partial charge in [-0.3, -0.25) is 0 Å². The molecule has 1 aromatic carbocycles. The fraction of sp³-hybridized carbons (Fsp3) is 0.438. The molecule has 0 radical (unpaired) electrons. The number of carbonyl (C=O) groups excluding carboxylic acids is 1. The van der Waals surface area contributed by atoms with Gasteiger partial charge in [0.1, 0.15) is 5.75 Å². The van der Waals surface area contributed by atoms with Crippen LogP contribution < -0.4 is 4.74 Å². The van der Waals surface area contributed by atoms with Crippen LogP contribution in [0.1, 0.15) is 37.7 Å². The van der Waals surface area contributed by atoms with Gasteiger partial charge in [0.25, 0.3) is 0 Å². The topological polar surface area (TPSA) is 35.5 Å². The van der Waals surface area contributed by atoms with Gasteiger partial charge in [0.15, 0.2) is 0 Å². The number of carbonyl (C=O) groups is 1. The summed E-state index contributed by atoms with van der Waals surface area (Å²) in [6, 6.07) is 8.09. The lowest BCUT2D eigenvalue weighted by molar-refractivity contribution is -0.137. The van der Waals surface area contributed by atoms with E-state index in [1.54, 1.807) is 13.2 Å². The Bertz CT molecular complexity index is 459. The molecule has 0 spiro atoms. The first kappa shape index (κ1) is 13.7. The lowest BCUT2D eigenvalue weighted by atomic mass is 9.93. The Labute approximate surface area is 114 Å². The van der Waals surface area contributed by atoms with Crippen molar-refractivity contribution < 1.29 is 14.3 Å². The third-order valence-corrected chi connectivity index (χ3v) is 3.51. The molecule has 0 saturated heterocycles. The van der Waals surface area contributed by atoms with E-state index in [-0.39, 0.29) is 5.97 Å². The molecule has 3 nitrogen and oxygen atoms in total. The van der Waals surface area contributed by atoms with E-state index in [4.69, 9.17) is 9.47 Å². The molecule has 0 bridgehead atoms. The van der Waals surface area contributed by atoms with E-state index < -0.39 is 0 Å². The van der Waals surface area contributed by atoms with Gasteiger partial charge in [-0.1, -0.05) is 17.7 Å². The van der Waals surface area contributed by atoms with Gasteiger partial charge in [0, 0.05) is 12.0 Å². The maximum absolute atomic E-state index is 11.6. The van der Waals surface area contributed by atoms with Crippen LogP contribution >= 0.6 is 0 Å². The number of benzene rings is 1. The van der Waals surface area contributed by atoms with Crippen molar-refractivity contribution in [2.75, 3.05) is 13.7 Å². The zero-order valence-electron chi connectivity index (χ0n) is 11.5. The molecule has 102 valence electrons. The maximum atomic E-state index is 11.6. The smallest absolute Gasteiger partial charge is 0.330 e. The van der Waals surface area contributed by atoms with Crippen LogP contribution in [0, 0.1) is 0 Å². The minimum Gasteiger partial charge on any atom is -0.497 e. The average molecular weight is 260 g/mol. The van der Waals surface area contributed by atoms with Crippen LogP contribution in [0.4, 0.5) is 0 Å². The number of ether oxygens (including phenoxy) is 2. The highest BCUT2D eigenvalue weighted by molar-refractivity contribution is 5.83. The summed E-state index contributed by atoms with van der Waals surface area (Å²) in [4.78, 5) is 11.6. The van der Waals surface area contributed by atoms with E-state index >= 15 is 0 Å². The Hall–Kier alpha value is -1.77. The van der Waals surface area contributed by atoms with Gasteiger partial charge in [-0.05, 0) is 43.9 Å². The van der Waals surface area contributed by atoms with Gasteiger partial charge in [0.2, 0.25) is 0 Å². The predicted molar refractivity (Wildman–Crippen MR) is 74.3 cm³/mol. The second kappa shape index (κ2) is 6.41. The molecule has 1 fully saturated rings. The fourth-order valence-electron chi connectivity index (χ4n) is 2.59. The number of esters is 1. The molecular weight excluding hydrogens is 240 g/mol. The SMILES string of the molecule is CCOC(=O)C=C1CCCC1c1ccc(OC)cc1. The van der Waals surface area contributed by atoms with Crippen LogP contribution in [0.3, 0.4) is 0 Å². The lowest BCUT2D eigenvalue weighted by Crippen LogP contribution is -2.03. The van der Waals surface area contributed by atoms with Crippen molar-refractivity contribution >= 4 is 5.97 Å². The molecule has 0 heterocycles. The van der Waals surface area contributed by atoms with Crippen molar-refractivity contribution in [2.45, 2.75) is 32.1 Å². The van der Waals surface area contributed by atoms with Crippen molar-refractivity contribution in [3.05, 3.63) is 41.5 Å². The van der Waals surface area contributed by atoms with Gasteiger partial charge >= 0.3 is 5.97 Å². The summed E-state index contributed by atoms with van der Waals surface area (Å²) in [7, 11) is 1.66. The number of allylic oxidation sites excluding steroid dienone is 1. The fourth-order valence-corrected chi connectivity index (χ4v) is 2.59. The molecule has 1 atom stereocenters. The minimum absolute atomic E-state index is 0.224. The Kier molecular flexibility index (Phi) is 4.61. The summed E-state index contributed by atoms with van der Waals surface area (Å²) in [5, 5.41) is 0. The average Bonchev–Trinajstić information content (AvgIpc) is 2.87. The highest BCUT2D eigenvalue weighted by Crippen LogP contribution is 2.39. The molecule has 0 aliphatic heterocycles. The Balaban J connectivity index is 2.15. The quantitative estimate of drug-likeness (QED) is 0.614. The van der Waals surface area contributed by atoms with Gasteiger partial charge < -0.3 is 9.47 Å². The van der Waals surface area contributed by atoms with Crippen molar-refractivity contribution in [2.24, 2.45) is 0 Å². The summed E-state index contributed by atoms with van der Waals surface area (Å²) in [5.41, 5.74) is 2.43. The standard InChI is InChI=1S/C16H20O3/c1-3-19-16(17)11-13-5-4-6-15(13)12-7-9-14(18-2)10-8-12/h7-11,15H,3-6H2,1-2H3. The molecule has 0 N–H and O–H groups in total. The third kappa shape index (κ3) is 3.37. The molecule has 0 aromatic heterocycles. The summed E-state index contributed by atoms with van der Waals surface area (Å²) in [6.45, 7) is 2.25. The number of methoxy groups -OCH3 is 1. The van der Waals surface area contributed by atoms with Gasteiger partial charge in [-0.25, -0.2) is 4.79 Å². The number of hydrogen-bond donors (Lipinski definition) is 0. The molecule has 1 aliphatic rings. The van der Waals surface area contributed by atoms with Crippen LogP contribution in [-0.4, -0.2) is 19.7 Å². The highest BCUT2D eigenvalue weighted by atomic mass is 16.5. The molecule has 1 aliphatic carbocycles. The van der Waals surface area contributed by atoms with Crippen molar-refractivity contribution in [1.82, 2.24) is 0 Å². The molecule has 0 amide bonds. The first-order valence-corrected chi connectivity index (χ1v) is 6.75. The van der Waals surface area contributed by atoms with Crippen LogP contribution in [0.2, 0.25) is 0 Å². The summed E-state index contributed by atoms with van der Waals surface area (Å²) < 4.78 is 10.2. The maximum Gasteiger partial charge on any atom is 0.330 e. The second-order valence-electron chi connectivity index (χ2n) is 4.69. The largest absolute Gasteiger partial charge is 0.497 e. The molecule has 1 unspecified atom stereocenters. The third-order valence-electron chi connectivity index (χ3n) is 3.51. The molecule has 1 saturated carbocycles. The van der Waals surface area contributed by atoms with E-state index in [9.17, 15) is 4.79 Å². The summed E-state index contributed by atoms with van der Waals surface area (Å²) in [5.74, 6) is 0.978. The van der Waals surface area contributed by atoms with Crippen LogP contribution in [-0.2, 0) is 9.53 Å². The highest BCUT2D eigenvalue weighted by Gasteiger charge is 2.23. The first-order chi connectivity index (χ1) is 9.24. The van der Waals surface area contributed by atoms with E-state index in [1.807, 2.05) is 19.1 Å². The lowest BCUT2D eigenvalue weighted by Gasteiger charge is -2.13. The van der Waals surface area contributed by atoms with E-state index in [0.717, 1.165) is 25.0 Å². The van der Waals surface area contributed by atoms with Crippen molar-refractivity contribution in [3.8, 4) is 5.75 Å². The van der Waals surface area contributed by atoms with Crippen LogP contribution in [0.5, 0.6) is 5.75 Å². The zero-order valence-corrected chi connectivity index (χ0v) is 11.5. The normalized spacial score (nSPS) is 20.5. The minimum atomic E-state index is -0.224. The molecule has 3 heteroatoms. The Morgan fingerprint density at radius 3 is 2.74 bits per heavy atom. The summed E-state index contributed by atoms with van der Waals surface area (Å²) in [6.07, 6.45) is 4.88. The van der Waals surface area contributed by atoms with Gasteiger partial charge in [0.05, 0.1) is 13.7 Å². The summed E-state index contributed by atoms with van der Waals surface area (Å²) >= 11 is 0. The molecule has 19 heavy (non-hydrogen) atoms.